The third kappa shape index (κ3) is 4.49. The normalized spacial score (nSPS) is 15.8. The summed E-state index contributed by atoms with van der Waals surface area (Å²) in [4.78, 5) is 26.6. The Hall–Kier alpha value is -3.25. The second kappa shape index (κ2) is 9.05. The van der Waals surface area contributed by atoms with E-state index in [0.717, 1.165) is 22.4 Å². The molecule has 152 valence electrons. The first-order valence-corrected chi connectivity index (χ1v) is 10.8. The lowest BCUT2D eigenvalue weighted by molar-refractivity contribution is -0.115. The number of amides is 3. The highest BCUT2D eigenvalue weighted by atomic mass is 32.2. The van der Waals surface area contributed by atoms with Gasteiger partial charge in [0.25, 0.3) is 0 Å². The maximum atomic E-state index is 12.6. The largest absolute Gasteiger partial charge is 0.334 e. The van der Waals surface area contributed by atoms with Crippen molar-refractivity contribution in [2.24, 2.45) is 0 Å². The summed E-state index contributed by atoms with van der Waals surface area (Å²) in [6.45, 7) is 2.49. The van der Waals surface area contributed by atoms with Crippen LogP contribution in [-0.4, -0.2) is 17.7 Å². The Morgan fingerprint density at radius 1 is 1.00 bits per heavy atom. The molecule has 5 nitrogen and oxygen atoms in total. The Morgan fingerprint density at radius 3 is 2.43 bits per heavy atom. The molecule has 0 unspecified atom stereocenters. The van der Waals surface area contributed by atoms with E-state index in [1.54, 1.807) is 11.8 Å². The van der Waals surface area contributed by atoms with Gasteiger partial charge in [-0.05, 0) is 41.8 Å². The third-order valence-corrected chi connectivity index (χ3v) is 6.20. The van der Waals surface area contributed by atoms with Crippen LogP contribution in [0.4, 0.5) is 16.2 Å². The fourth-order valence-electron chi connectivity index (χ4n) is 3.45. The summed E-state index contributed by atoms with van der Waals surface area (Å²) in [6, 6.07) is 25.1. The van der Waals surface area contributed by atoms with Crippen LogP contribution in [-0.2, 0) is 11.3 Å². The molecule has 3 aromatic carbocycles. The number of para-hydroxylation sites is 1. The van der Waals surface area contributed by atoms with Gasteiger partial charge in [0.1, 0.15) is 5.37 Å². The lowest BCUT2D eigenvalue weighted by Crippen LogP contribution is -2.29. The lowest BCUT2D eigenvalue weighted by atomic mass is 10.1. The Bertz CT molecular complexity index is 1040. The predicted octanol–water partition coefficient (Wildman–Crippen LogP) is 5.10. The number of hydrogen-bond acceptors (Lipinski definition) is 3. The molecule has 1 aliphatic rings. The van der Waals surface area contributed by atoms with E-state index in [1.165, 1.54) is 0 Å². The molecule has 0 saturated carbocycles. The highest BCUT2D eigenvalue weighted by molar-refractivity contribution is 8.00. The first kappa shape index (κ1) is 20.0. The molecule has 2 N–H and O–H groups in total. The first-order chi connectivity index (χ1) is 14.6. The molecule has 3 aromatic rings. The molecule has 0 bridgehead atoms. The quantitative estimate of drug-likeness (QED) is 0.607. The summed E-state index contributed by atoms with van der Waals surface area (Å²) >= 11 is 1.62. The van der Waals surface area contributed by atoms with Gasteiger partial charge in [0.2, 0.25) is 5.91 Å². The van der Waals surface area contributed by atoms with Crippen molar-refractivity contribution in [3.63, 3.8) is 0 Å². The van der Waals surface area contributed by atoms with Gasteiger partial charge in [-0.2, -0.15) is 0 Å². The standard InChI is InChI=1S/C24H23N3O2S/c1-17-7-5-6-10-21(17)27-22(28)16-30-23(27)19-11-13-20(14-12-19)26-24(29)25-15-18-8-3-2-4-9-18/h2-14,23H,15-16H2,1H3,(H2,25,26,29)/t23-/m0/s1. The fourth-order valence-corrected chi connectivity index (χ4v) is 4.62. The van der Waals surface area contributed by atoms with Crippen molar-refractivity contribution in [3.8, 4) is 0 Å². The zero-order chi connectivity index (χ0) is 20.9. The van der Waals surface area contributed by atoms with Crippen LogP contribution in [0.1, 0.15) is 22.1 Å². The van der Waals surface area contributed by atoms with Crippen molar-refractivity contribution in [1.29, 1.82) is 0 Å². The number of nitrogens with one attached hydrogen (secondary N) is 2. The second-order valence-electron chi connectivity index (χ2n) is 7.13. The molecule has 6 heteroatoms. The number of benzene rings is 3. The summed E-state index contributed by atoms with van der Waals surface area (Å²) in [5.74, 6) is 0.572. The zero-order valence-corrected chi connectivity index (χ0v) is 17.5. The number of rotatable bonds is 5. The monoisotopic (exact) mass is 417 g/mol. The van der Waals surface area contributed by atoms with Crippen LogP contribution >= 0.6 is 11.8 Å². The molecule has 1 fully saturated rings. The number of carbonyl (C=O) groups is 2. The van der Waals surface area contributed by atoms with Crippen LogP contribution in [0, 0.1) is 6.92 Å². The molecule has 30 heavy (non-hydrogen) atoms. The van der Waals surface area contributed by atoms with Gasteiger partial charge in [-0.15, -0.1) is 11.8 Å². The van der Waals surface area contributed by atoms with Crippen molar-refractivity contribution in [2.45, 2.75) is 18.8 Å². The van der Waals surface area contributed by atoms with Crippen molar-refractivity contribution in [3.05, 3.63) is 95.6 Å². The number of aryl methyl sites for hydroxylation is 1. The molecule has 4 rings (SSSR count). The minimum Gasteiger partial charge on any atom is -0.334 e. The van der Waals surface area contributed by atoms with Crippen LogP contribution in [0.5, 0.6) is 0 Å². The molecule has 0 aliphatic carbocycles. The van der Waals surface area contributed by atoms with E-state index in [1.807, 2.05) is 90.7 Å². The van der Waals surface area contributed by atoms with E-state index in [4.69, 9.17) is 0 Å². The molecule has 1 heterocycles. The Labute approximate surface area is 180 Å². The average Bonchev–Trinajstić information content (AvgIpc) is 3.15. The Kier molecular flexibility index (Phi) is 6.05. The molecule has 1 saturated heterocycles. The molecule has 0 aromatic heterocycles. The van der Waals surface area contributed by atoms with Crippen LogP contribution in [0.2, 0.25) is 0 Å². The van der Waals surface area contributed by atoms with Crippen molar-refractivity contribution < 1.29 is 9.59 Å². The minimum atomic E-state index is -0.251. The lowest BCUT2D eigenvalue weighted by Gasteiger charge is -2.26. The third-order valence-electron chi connectivity index (χ3n) is 4.99. The first-order valence-electron chi connectivity index (χ1n) is 9.80. The van der Waals surface area contributed by atoms with Crippen LogP contribution in [0.3, 0.4) is 0 Å². The number of urea groups is 1. The SMILES string of the molecule is Cc1ccccc1N1C(=O)CS[C@H]1c1ccc(NC(=O)NCc2ccccc2)cc1. The summed E-state index contributed by atoms with van der Waals surface area (Å²) < 4.78 is 0. The van der Waals surface area contributed by atoms with E-state index in [-0.39, 0.29) is 17.3 Å². The van der Waals surface area contributed by atoms with Crippen molar-refractivity contribution in [2.75, 3.05) is 16.0 Å². The van der Waals surface area contributed by atoms with Gasteiger partial charge in [0.15, 0.2) is 0 Å². The van der Waals surface area contributed by atoms with Crippen molar-refractivity contribution in [1.82, 2.24) is 5.32 Å². The van der Waals surface area contributed by atoms with Gasteiger partial charge < -0.3 is 10.6 Å². The fraction of sp³-hybridized carbons (Fsp3) is 0.167. The maximum Gasteiger partial charge on any atom is 0.319 e. The van der Waals surface area contributed by atoms with Gasteiger partial charge in [-0.25, -0.2) is 4.79 Å². The molecule has 1 atom stereocenters. The molecule has 0 radical (unpaired) electrons. The number of nitrogens with zero attached hydrogens (tertiary/aromatic N) is 1. The van der Waals surface area contributed by atoms with E-state index < -0.39 is 0 Å². The Balaban J connectivity index is 1.42. The van der Waals surface area contributed by atoms with Gasteiger partial charge in [0, 0.05) is 17.9 Å². The van der Waals surface area contributed by atoms with Crippen LogP contribution in [0.15, 0.2) is 78.9 Å². The van der Waals surface area contributed by atoms with E-state index in [2.05, 4.69) is 10.6 Å². The van der Waals surface area contributed by atoms with Gasteiger partial charge in [-0.3, -0.25) is 9.69 Å². The summed E-state index contributed by atoms with van der Waals surface area (Å²) in [6.07, 6.45) is 0. The molecule has 0 spiro atoms. The van der Waals surface area contributed by atoms with Gasteiger partial charge >= 0.3 is 6.03 Å². The van der Waals surface area contributed by atoms with Gasteiger partial charge in [-0.1, -0.05) is 60.7 Å². The van der Waals surface area contributed by atoms with E-state index in [9.17, 15) is 9.59 Å². The Morgan fingerprint density at radius 2 is 1.70 bits per heavy atom. The van der Waals surface area contributed by atoms with Crippen LogP contribution in [0.25, 0.3) is 0 Å². The smallest absolute Gasteiger partial charge is 0.319 e. The van der Waals surface area contributed by atoms with Crippen LogP contribution < -0.4 is 15.5 Å². The highest BCUT2D eigenvalue weighted by Gasteiger charge is 2.34. The van der Waals surface area contributed by atoms with E-state index in [0.29, 0.717) is 18.0 Å². The molecule has 1 aliphatic heterocycles. The second-order valence-corrected chi connectivity index (χ2v) is 8.20. The minimum absolute atomic E-state index is 0.0699. The molecular formula is C24H23N3O2S. The molecule has 3 amide bonds. The van der Waals surface area contributed by atoms with Crippen molar-refractivity contribution >= 4 is 35.1 Å². The summed E-state index contributed by atoms with van der Waals surface area (Å²) in [5.41, 5.74) is 4.80. The maximum absolute atomic E-state index is 12.6. The predicted molar refractivity (Wildman–Crippen MR) is 123 cm³/mol. The number of hydrogen-bond donors (Lipinski definition) is 2. The molecular weight excluding hydrogens is 394 g/mol. The summed E-state index contributed by atoms with van der Waals surface area (Å²) in [5, 5.41) is 5.63. The highest BCUT2D eigenvalue weighted by Crippen LogP contribution is 2.42. The zero-order valence-electron chi connectivity index (χ0n) is 16.7. The van der Waals surface area contributed by atoms with E-state index >= 15 is 0 Å². The number of anilines is 2. The van der Waals surface area contributed by atoms with Gasteiger partial charge in [0.05, 0.1) is 5.75 Å². The topological polar surface area (TPSA) is 61.4 Å². The summed E-state index contributed by atoms with van der Waals surface area (Å²) in [7, 11) is 0. The number of carbonyl (C=O) groups excluding carboxylic acids is 2. The average molecular weight is 418 g/mol. The number of thioether (sulfide) groups is 1.